The molecule has 0 bridgehead atoms. The fourth-order valence-electron chi connectivity index (χ4n) is 3.98. The van der Waals surface area contributed by atoms with Crippen LogP contribution in [0.5, 0.6) is 11.5 Å². The van der Waals surface area contributed by atoms with Crippen molar-refractivity contribution in [1.82, 2.24) is 10.2 Å². The van der Waals surface area contributed by atoms with E-state index >= 15 is 0 Å². The molecular weight excluding hydrogens is 490 g/mol. The fourth-order valence-corrected chi connectivity index (χ4v) is 4.83. The number of rotatable bonds is 12. The number of likely N-dealkylation sites (N-methyl/N-ethyl adjacent to an activating group) is 1. The summed E-state index contributed by atoms with van der Waals surface area (Å²) in [4.78, 5) is 27.6. The number of sulfonamides is 1. The van der Waals surface area contributed by atoms with Crippen molar-refractivity contribution in [3.8, 4) is 11.5 Å². The molecule has 3 aromatic carbocycles. The maximum absolute atomic E-state index is 13.5. The maximum atomic E-state index is 13.5. The zero-order valence-electron chi connectivity index (χ0n) is 21.3. The summed E-state index contributed by atoms with van der Waals surface area (Å²) in [5.74, 6) is 0.433. The van der Waals surface area contributed by atoms with Gasteiger partial charge in [-0.1, -0.05) is 55.5 Å². The van der Waals surface area contributed by atoms with Crippen LogP contribution in [0.15, 0.2) is 84.9 Å². The molecule has 8 nitrogen and oxygen atoms in total. The average Bonchev–Trinajstić information content (AvgIpc) is 2.90. The van der Waals surface area contributed by atoms with E-state index in [2.05, 4.69) is 5.32 Å². The van der Waals surface area contributed by atoms with Crippen LogP contribution >= 0.6 is 0 Å². The first-order chi connectivity index (χ1) is 17.7. The van der Waals surface area contributed by atoms with Gasteiger partial charge in [0.1, 0.15) is 24.1 Å². The van der Waals surface area contributed by atoms with Gasteiger partial charge in [0.25, 0.3) is 0 Å². The van der Waals surface area contributed by atoms with Crippen LogP contribution in [0, 0.1) is 0 Å². The standard InChI is InChI=1S/C28H33N3O5S/c1-4-26(28(33)29-2)30(20-19-22-11-7-5-8-12-22)27(32)21-31(37(3,34)35)23-15-17-25(18-16-23)36-24-13-9-6-10-14-24/h5-18,26H,4,19-21H2,1-3H3,(H,29,33). The largest absolute Gasteiger partial charge is 0.457 e. The van der Waals surface area contributed by atoms with E-state index in [1.54, 1.807) is 24.3 Å². The lowest BCUT2D eigenvalue weighted by atomic mass is 10.1. The number of hydrogen-bond acceptors (Lipinski definition) is 5. The van der Waals surface area contributed by atoms with Gasteiger partial charge in [0.05, 0.1) is 11.9 Å². The molecule has 0 saturated heterocycles. The molecule has 3 rings (SSSR count). The molecule has 9 heteroatoms. The van der Waals surface area contributed by atoms with E-state index in [0.717, 1.165) is 16.1 Å². The first-order valence-electron chi connectivity index (χ1n) is 12.1. The Morgan fingerprint density at radius 1 is 0.892 bits per heavy atom. The number of para-hydroxylation sites is 1. The number of anilines is 1. The number of nitrogens with one attached hydrogen (secondary N) is 1. The van der Waals surface area contributed by atoms with E-state index in [1.807, 2.05) is 67.6 Å². The molecule has 0 saturated carbocycles. The molecule has 0 aliphatic carbocycles. The topological polar surface area (TPSA) is 96.0 Å². The van der Waals surface area contributed by atoms with Gasteiger partial charge in [-0.2, -0.15) is 0 Å². The molecule has 0 aliphatic rings. The summed E-state index contributed by atoms with van der Waals surface area (Å²) in [6.07, 6.45) is 1.98. The van der Waals surface area contributed by atoms with Gasteiger partial charge in [0.2, 0.25) is 21.8 Å². The molecule has 1 atom stereocenters. The van der Waals surface area contributed by atoms with E-state index in [4.69, 9.17) is 4.74 Å². The first-order valence-corrected chi connectivity index (χ1v) is 13.9. The van der Waals surface area contributed by atoms with Crippen LogP contribution in [-0.2, 0) is 26.0 Å². The Hall–Kier alpha value is -3.85. The van der Waals surface area contributed by atoms with Gasteiger partial charge in [-0.3, -0.25) is 13.9 Å². The van der Waals surface area contributed by atoms with Crippen molar-refractivity contribution in [3.63, 3.8) is 0 Å². The van der Waals surface area contributed by atoms with E-state index in [0.29, 0.717) is 30.0 Å². The number of nitrogens with zero attached hydrogens (tertiary/aromatic N) is 2. The third-order valence-corrected chi connectivity index (χ3v) is 7.04. The predicted molar refractivity (Wildman–Crippen MR) is 145 cm³/mol. The molecule has 1 unspecified atom stereocenters. The van der Waals surface area contributed by atoms with Crippen molar-refractivity contribution in [2.45, 2.75) is 25.8 Å². The highest BCUT2D eigenvalue weighted by atomic mass is 32.2. The highest BCUT2D eigenvalue weighted by Gasteiger charge is 2.31. The summed E-state index contributed by atoms with van der Waals surface area (Å²) in [5.41, 5.74) is 1.34. The Kier molecular flexibility index (Phi) is 9.68. The highest BCUT2D eigenvalue weighted by molar-refractivity contribution is 7.92. The molecule has 0 aliphatic heterocycles. The summed E-state index contributed by atoms with van der Waals surface area (Å²) < 4.78 is 32.3. The third-order valence-electron chi connectivity index (χ3n) is 5.90. The van der Waals surface area contributed by atoms with Crippen molar-refractivity contribution in [2.75, 3.05) is 30.7 Å². The molecule has 0 fully saturated rings. The van der Waals surface area contributed by atoms with Crippen LogP contribution in [0.4, 0.5) is 5.69 Å². The number of carbonyl (C=O) groups is 2. The molecule has 1 N–H and O–H groups in total. The van der Waals surface area contributed by atoms with Crippen LogP contribution in [-0.4, -0.2) is 57.6 Å². The van der Waals surface area contributed by atoms with E-state index in [1.165, 1.54) is 11.9 Å². The van der Waals surface area contributed by atoms with Crippen molar-refractivity contribution in [3.05, 3.63) is 90.5 Å². The SMILES string of the molecule is CCC(C(=O)NC)N(CCc1ccccc1)C(=O)CN(c1ccc(Oc2ccccc2)cc1)S(C)(=O)=O. The van der Waals surface area contributed by atoms with E-state index in [9.17, 15) is 18.0 Å². The Morgan fingerprint density at radius 2 is 1.46 bits per heavy atom. The highest BCUT2D eigenvalue weighted by Crippen LogP contribution is 2.26. The number of ether oxygens (including phenoxy) is 1. The van der Waals surface area contributed by atoms with Crippen molar-refractivity contribution < 1.29 is 22.7 Å². The molecule has 2 amide bonds. The Labute approximate surface area is 218 Å². The lowest BCUT2D eigenvalue weighted by Crippen LogP contribution is -2.52. The maximum Gasteiger partial charge on any atom is 0.244 e. The second-order valence-corrected chi connectivity index (χ2v) is 10.4. The zero-order chi connectivity index (χ0) is 26.8. The van der Waals surface area contributed by atoms with Crippen LogP contribution in [0.1, 0.15) is 18.9 Å². The van der Waals surface area contributed by atoms with Gasteiger partial charge in [0.15, 0.2) is 0 Å². The van der Waals surface area contributed by atoms with Crippen molar-refractivity contribution >= 4 is 27.5 Å². The van der Waals surface area contributed by atoms with Crippen LogP contribution < -0.4 is 14.4 Å². The lowest BCUT2D eigenvalue weighted by molar-refractivity contribution is -0.139. The number of amides is 2. The van der Waals surface area contributed by atoms with Crippen molar-refractivity contribution in [1.29, 1.82) is 0 Å². The van der Waals surface area contributed by atoms with Gasteiger partial charge in [-0.05, 0) is 54.8 Å². The molecule has 0 spiro atoms. The molecule has 196 valence electrons. The first kappa shape index (κ1) is 27.7. The summed E-state index contributed by atoms with van der Waals surface area (Å²) in [7, 11) is -2.28. The fraction of sp³-hybridized carbons (Fsp3) is 0.286. The normalized spacial score (nSPS) is 11.9. The van der Waals surface area contributed by atoms with E-state index < -0.39 is 28.5 Å². The second kappa shape index (κ2) is 12.9. The average molecular weight is 524 g/mol. The molecular formula is C28H33N3O5S. The zero-order valence-corrected chi connectivity index (χ0v) is 22.1. The minimum atomic E-state index is -3.80. The molecule has 0 aromatic heterocycles. The minimum Gasteiger partial charge on any atom is -0.457 e. The molecule has 3 aromatic rings. The van der Waals surface area contributed by atoms with Crippen LogP contribution in [0.3, 0.4) is 0 Å². The molecule has 37 heavy (non-hydrogen) atoms. The molecule has 0 heterocycles. The summed E-state index contributed by atoms with van der Waals surface area (Å²) in [6, 6.07) is 24.6. The Morgan fingerprint density at radius 3 is 2.00 bits per heavy atom. The second-order valence-electron chi connectivity index (χ2n) is 8.54. The van der Waals surface area contributed by atoms with Gasteiger partial charge < -0.3 is 15.0 Å². The monoisotopic (exact) mass is 523 g/mol. The van der Waals surface area contributed by atoms with Crippen LogP contribution in [0.2, 0.25) is 0 Å². The minimum absolute atomic E-state index is 0.274. The molecule has 0 radical (unpaired) electrons. The van der Waals surface area contributed by atoms with Crippen LogP contribution in [0.25, 0.3) is 0 Å². The number of hydrogen-bond donors (Lipinski definition) is 1. The summed E-state index contributed by atoms with van der Waals surface area (Å²) in [5, 5.41) is 2.61. The van der Waals surface area contributed by atoms with Crippen molar-refractivity contribution in [2.24, 2.45) is 0 Å². The van der Waals surface area contributed by atoms with E-state index in [-0.39, 0.29) is 12.5 Å². The van der Waals surface area contributed by atoms with Gasteiger partial charge in [0, 0.05) is 13.6 Å². The Balaban J connectivity index is 1.83. The smallest absolute Gasteiger partial charge is 0.244 e. The van der Waals surface area contributed by atoms with Gasteiger partial charge in [-0.15, -0.1) is 0 Å². The lowest BCUT2D eigenvalue weighted by Gasteiger charge is -2.32. The Bertz CT molecular complexity index is 1270. The number of benzene rings is 3. The van der Waals surface area contributed by atoms with Gasteiger partial charge >= 0.3 is 0 Å². The third kappa shape index (κ3) is 7.82. The predicted octanol–water partition coefficient (Wildman–Crippen LogP) is 3.84. The summed E-state index contributed by atoms with van der Waals surface area (Å²) in [6.45, 7) is 1.67. The van der Waals surface area contributed by atoms with Gasteiger partial charge in [-0.25, -0.2) is 8.42 Å². The summed E-state index contributed by atoms with van der Waals surface area (Å²) >= 11 is 0. The number of carbonyl (C=O) groups excluding carboxylic acids is 2. The quantitative estimate of drug-likeness (QED) is 0.389.